The number of carbonyl (C=O) groups is 1. The number of hydrogen-bond donors (Lipinski definition) is 1. The average molecular weight is 384 g/mol. The first-order valence-electron chi connectivity index (χ1n) is 10.1. The summed E-state index contributed by atoms with van der Waals surface area (Å²) in [6.45, 7) is 1.97. The van der Waals surface area contributed by atoms with Crippen molar-refractivity contribution in [2.24, 2.45) is 0 Å². The van der Waals surface area contributed by atoms with Gasteiger partial charge in [0.2, 0.25) is 0 Å². The van der Waals surface area contributed by atoms with E-state index >= 15 is 0 Å². The van der Waals surface area contributed by atoms with Gasteiger partial charge in [0.1, 0.15) is 11.9 Å². The van der Waals surface area contributed by atoms with E-state index in [1.807, 2.05) is 30.3 Å². The molecule has 0 radical (unpaired) electrons. The summed E-state index contributed by atoms with van der Waals surface area (Å²) in [7, 11) is 0. The molecule has 28 heavy (non-hydrogen) atoms. The predicted molar refractivity (Wildman–Crippen MR) is 104 cm³/mol. The quantitative estimate of drug-likeness (QED) is 0.884. The Morgan fingerprint density at radius 2 is 2.00 bits per heavy atom. The number of carbonyl (C=O) groups excluding carboxylic acids is 1. The van der Waals surface area contributed by atoms with Crippen LogP contribution in [-0.4, -0.2) is 59.0 Å². The molecular weight excluding hydrogens is 359 g/mol. The van der Waals surface area contributed by atoms with Crippen LogP contribution in [0, 0.1) is 0 Å². The van der Waals surface area contributed by atoms with E-state index in [4.69, 9.17) is 4.74 Å². The van der Waals surface area contributed by atoms with Gasteiger partial charge in [0.05, 0.1) is 17.7 Å². The van der Waals surface area contributed by atoms with Gasteiger partial charge in [-0.05, 0) is 42.7 Å². The minimum absolute atomic E-state index is 0.0796. The maximum atomic E-state index is 13.6. The van der Waals surface area contributed by atoms with Crippen molar-refractivity contribution >= 4 is 16.7 Å². The highest BCUT2D eigenvalue weighted by Gasteiger charge is 2.38. The molecule has 2 aromatic carbocycles. The van der Waals surface area contributed by atoms with Crippen LogP contribution in [0.4, 0.5) is 4.39 Å². The van der Waals surface area contributed by atoms with E-state index in [1.54, 1.807) is 4.90 Å². The molecule has 2 heterocycles. The normalized spacial score (nSPS) is 28.0. The number of rotatable bonds is 3. The summed E-state index contributed by atoms with van der Waals surface area (Å²) in [6.07, 6.45) is 1.76. The number of aliphatic hydroxyl groups excluding tert-OH is 1. The Hall–Kier alpha value is -2.18. The number of ether oxygens (including phenoxy) is 1. The van der Waals surface area contributed by atoms with Crippen LogP contribution in [0.2, 0.25) is 0 Å². The van der Waals surface area contributed by atoms with E-state index in [1.165, 1.54) is 0 Å². The Balaban J connectivity index is 1.54. The van der Waals surface area contributed by atoms with Crippen molar-refractivity contribution in [3.05, 3.63) is 41.5 Å². The molecule has 1 saturated heterocycles. The number of likely N-dealkylation sites (tertiary alicyclic amines) is 1. The smallest absolute Gasteiger partial charge is 0.260 e. The van der Waals surface area contributed by atoms with Gasteiger partial charge in [0, 0.05) is 25.0 Å². The van der Waals surface area contributed by atoms with Gasteiger partial charge < -0.3 is 9.84 Å². The van der Waals surface area contributed by atoms with Crippen molar-refractivity contribution < 1.29 is 19.0 Å². The number of nitrogens with zero attached hydrogens (tertiary/aromatic N) is 2. The second kappa shape index (κ2) is 7.01. The van der Waals surface area contributed by atoms with Crippen LogP contribution < -0.4 is 4.74 Å². The van der Waals surface area contributed by atoms with Gasteiger partial charge in [0.25, 0.3) is 5.91 Å². The number of fused-ring (bicyclic) bond motifs is 3. The standard InChI is InChI=1S/C22H25FN2O3/c23-15-8-9-24(12-15)11-14-10-18-21(17-5-2-1-4-16(14)17)28-13-25(22(18)27)19-6-3-7-20(19)26/h1-2,4-5,10,15,19-20,26H,3,6-9,11-13H2/t15-,19+,20+/m1/s1. The second-order valence-corrected chi connectivity index (χ2v) is 8.19. The molecule has 0 bridgehead atoms. The third-order valence-corrected chi connectivity index (χ3v) is 6.37. The molecule has 2 aromatic rings. The fourth-order valence-corrected chi connectivity index (χ4v) is 4.92. The zero-order valence-electron chi connectivity index (χ0n) is 15.8. The average Bonchev–Trinajstić information content (AvgIpc) is 3.31. The van der Waals surface area contributed by atoms with Crippen molar-refractivity contribution in [3.8, 4) is 5.75 Å². The van der Waals surface area contributed by atoms with Gasteiger partial charge >= 0.3 is 0 Å². The molecule has 5 nitrogen and oxygen atoms in total. The Morgan fingerprint density at radius 1 is 1.18 bits per heavy atom. The Bertz CT molecular complexity index is 918. The minimum Gasteiger partial charge on any atom is -0.472 e. The molecule has 0 aromatic heterocycles. The monoisotopic (exact) mass is 384 g/mol. The van der Waals surface area contributed by atoms with E-state index in [0.717, 1.165) is 42.1 Å². The molecule has 2 aliphatic heterocycles. The maximum absolute atomic E-state index is 13.6. The molecule has 3 atom stereocenters. The van der Waals surface area contributed by atoms with Gasteiger partial charge in [-0.2, -0.15) is 0 Å². The number of aliphatic hydroxyl groups is 1. The molecular formula is C22H25FN2O3. The van der Waals surface area contributed by atoms with Crippen molar-refractivity contribution in [2.45, 2.75) is 50.5 Å². The number of alkyl halides is 1. The molecule has 1 amide bonds. The van der Waals surface area contributed by atoms with Crippen LogP contribution in [-0.2, 0) is 6.54 Å². The van der Waals surface area contributed by atoms with Gasteiger partial charge in [-0.15, -0.1) is 0 Å². The van der Waals surface area contributed by atoms with Crippen molar-refractivity contribution in [2.75, 3.05) is 19.8 Å². The van der Waals surface area contributed by atoms with Crippen molar-refractivity contribution in [3.63, 3.8) is 0 Å². The van der Waals surface area contributed by atoms with E-state index in [9.17, 15) is 14.3 Å². The lowest BCUT2D eigenvalue weighted by atomic mass is 9.97. The molecule has 0 unspecified atom stereocenters. The van der Waals surface area contributed by atoms with Gasteiger partial charge in [0.15, 0.2) is 6.73 Å². The predicted octanol–water partition coefficient (Wildman–Crippen LogP) is 3.09. The number of halogens is 1. The molecule has 5 rings (SSSR count). The maximum Gasteiger partial charge on any atom is 0.260 e. The zero-order valence-corrected chi connectivity index (χ0v) is 15.8. The molecule has 2 fully saturated rings. The SMILES string of the molecule is O=C1c2cc(CN3CC[C@@H](F)C3)c3ccccc3c2OCN1[C@H]1CCC[C@@H]1O. The van der Waals surface area contributed by atoms with Gasteiger partial charge in [-0.1, -0.05) is 24.3 Å². The van der Waals surface area contributed by atoms with Crippen molar-refractivity contribution in [1.82, 2.24) is 9.80 Å². The fourth-order valence-electron chi connectivity index (χ4n) is 4.92. The fraction of sp³-hybridized carbons (Fsp3) is 0.500. The summed E-state index contributed by atoms with van der Waals surface area (Å²) in [6, 6.07) is 9.68. The van der Waals surface area contributed by atoms with E-state index in [2.05, 4.69) is 4.90 Å². The third kappa shape index (κ3) is 2.95. The highest BCUT2D eigenvalue weighted by atomic mass is 19.1. The van der Waals surface area contributed by atoms with E-state index in [0.29, 0.717) is 30.8 Å². The molecule has 148 valence electrons. The Morgan fingerprint density at radius 3 is 2.71 bits per heavy atom. The first-order chi connectivity index (χ1) is 13.6. The summed E-state index contributed by atoms with van der Waals surface area (Å²) in [5.74, 6) is 0.543. The zero-order chi connectivity index (χ0) is 19.3. The molecule has 3 aliphatic rings. The van der Waals surface area contributed by atoms with Crippen LogP contribution in [0.3, 0.4) is 0 Å². The minimum atomic E-state index is -0.770. The van der Waals surface area contributed by atoms with Gasteiger partial charge in [-0.3, -0.25) is 14.6 Å². The molecule has 0 spiro atoms. The first-order valence-corrected chi connectivity index (χ1v) is 10.1. The summed E-state index contributed by atoms with van der Waals surface area (Å²) in [4.78, 5) is 17.1. The third-order valence-electron chi connectivity index (χ3n) is 6.37. The Kier molecular flexibility index (Phi) is 4.48. The second-order valence-electron chi connectivity index (χ2n) is 8.19. The van der Waals surface area contributed by atoms with E-state index in [-0.39, 0.29) is 18.7 Å². The van der Waals surface area contributed by atoms with Crippen molar-refractivity contribution in [1.29, 1.82) is 0 Å². The first kappa shape index (κ1) is 17.9. The van der Waals surface area contributed by atoms with Gasteiger partial charge in [-0.25, -0.2) is 4.39 Å². The summed E-state index contributed by atoms with van der Waals surface area (Å²) < 4.78 is 19.7. The summed E-state index contributed by atoms with van der Waals surface area (Å²) >= 11 is 0. The molecule has 1 saturated carbocycles. The lowest BCUT2D eigenvalue weighted by molar-refractivity contribution is 0.0132. The lowest BCUT2D eigenvalue weighted by Crippen LogP contribution is -2.48. The molecule has 1 aliphatic carbocycles. The van der Waals surface area contributed by atoms with E-state index < -0.39 is 12.3 Å². The summed E-state index contributed by atoms with van der Waals surface area (Å²) in [5.41, 5.74) is 1.57. The highest BCUT2D eigenvalue weighted by molar-refractivity contribution is 6.06. The number of amides is 1. The van der Waals surface area contributed by atoms with Crippen LogP contribution in [0.5, 0.6) is 5.75 Å². The highest BCUT2D eigenvalue weighted by Crippen LogP contribution is 2.38. The Labute approximate surface area is 163 Å². The molecule has 1 N–H and O–H groups in total. The van der Waals surface area contributed by atoms with Crippen LogP contribution in [0.25, 0.3) is 10.8 Å². The summed E-state index contributed by atoms with van der Waals surface area (Å²) in [5, 5.41) is 12.2. The lowest BCUT2D eigenvalue weighted by Gasteiger charge is -2.35. The molecule has 6 heteroatoms. The number of hydrogen-bond acceptors (Lipinski definition) is 4. The van der Waals surface area contributed by atoms with Crippen LogP contribution >= 0.6 is 0 Å². The topological polar surface area (TPSA) is 53.0 Å². The number of benzene rings is 2. The van der Waals surface area contributed by atoms with Crippen LogP contribution in [0.1, 0.15) is 41.6 Å². The van der Waals surface area contributed by atoms with Crippen LogP contribution in [0.15, 0.2) is 30.3 Å². The largest absolute Gasteiger partial charge is 0.472 e.